The van der Waals surface area contributed by atoms with Gasteiger partial charge in [-0.15, -0.1) is 0 Å². The molecule has 1 amide bonds. The Morgan fingerprint density at radius 3 is 2.58 bits per heavy atom. The normalized spacial score (nSPS) is 12.5. The van der Waals surface area contributed by atoms with Crippen LogP contribution in [0, 0.1) is 11.7 Å². The molecule has 1 aromatic carbocycles. The van der Waals surface area contributed by atoms with Gasteiger partial charge < -0.3 is 16.4 Å². The molecular formula is C14H22FN3O. The summed E-state index contributed by atoms with van der Waals surface area (Å²) < 4.78 is 13.1. The average Bonchev–Trinajstić information content (AvgIpc) is 2.35. The van der Waals surface area contributed by atoms with Crippen LogP contribution in [0.5, 0.6) is 0 Å². The Kier molecular flexibility index (Phi) is 5.30. The third kappa shape index (κ3) is 4.21. The predicted molar refractivity (Wildman–Crippen MR) is 75.6 cm³/mol. The molecule has 0 fully saturated rings. The highest BCUT2D eigenvalue weighted by Gasteiger charge is 2.15. The second-order valence-electron chi connectivity index (χ2n) is 5.14. The maximum absolute atomic E-state index is 13.1. The first kappa shape index (κ1) is 15.4. The monoisotopic (exact) mass is 267 g/mol. The van der Waals surface area contributed by atoms with Crippen LogP contribution in [0.15, 0.2) is 18.2 Å². The highest BCUT2D eigenvalue weighted by Crippen LogP contribution is 2.21. The van der Waals surface area contributed by atoms with Crippen molar-refractivity contribution in [3.63, 3.8) is 0 Å². The largest absolute Gasteiger partial charge is 0.374 e. The molecule has 1 aromatic rings. The van der Waals surface area contributed by atoms with Gasteiger partial charge in [0, 0.05) is 25.3 Å². The van der Waals surface area contributed by atoms with Gasteiger partial charge in [-0.2, -0.15) is 0 Å². The van der Waals surface area contributed by atoms with Gasteiger partial charge in [0.15, 0.2) is 0 Å². The van der Waals surface area contributed by atoms with Gasteiger partial charge in [0.25, 0.3) is 5.91 Å². The Morgan fingerprint density at radius 2 is 2.05 bits per heavy atom. The molecule has 1 unspecified atom stereocenters. The SMILES string of the molecule is CC(C)C(N)CCN(C)c1ccc(F)cc1C(N)=O. The molecule has 0 heterocycles. The number of hydrogen-bond acceptors (Lipinski definition) is 3. The molecule has 1 atom stereocenters. The highest BCUT2D eigenvalue weighted by molar-refractivity contribution is 5.98. The molecule has 0 saturated heterocycles. The summed E-state index contributed by atoms with van der Waals surface area (Å²) in [4.78, 5) is 13.2. The standard InChI is InChI=1S/C14H22FN3O/c1-9(2)12(16)6-7-18(3)13-5-4-10(15)8-11(13)14(17)19/h4-5,8-9,12H,6-7,16H2,1-3H3,(H2,17,19). The molecule has 0 spiro atoms. The zero-order valence-electron chi connectivity index (χ0n) is 11.7. The first-order chi connectivity index (χ1) is 8.82. The van der Waals surface area contributed by atoms with Crippen LogP contribution in [0.4, 0.5) is 10.1 Å². The van der Waals surface area contributed by atoms with Gasteiger partial charge in [-0.3, -0.25) is 4.79 Å². The molecule has 0 aromatic heterocycles. The lowest BCUT2D eigenvalue weighted by Gasteiger charge is -2.24. The van der Waals surface area contributed by atoms with Crippen LogP contribution >= 0.6 is 0 Å². The quantitative estimate of drug-likeness (QED) is 0.824. The maximum atomic E-state index is 13.1. The molecule has 19 heavy (non-hydrogen) atoms. The number of carbonyl (C=O) groups is 1. The fourth-order valence-corrected chi connectivity index (χ4v) is 1.83. The zero-order valence-corrected chi connectivity index (χ0v) is 11.7. The summed E-state index contributed by atoms with van der Waals surface area (Å²) in [6, 6.07) is 4.15. The second-order valence-corrected chi connectivity index (χ2v) is 5.14. The van der Waals surface area contributed by atoms with E-state index in [1.807, 2.05) is 11.9 Å². The van der Waals surface area contributed by atoms with Gasteiger partial charge in [-0.25, -0.2) is 4.39 Å². The number of nitrogens with two attached hydrogens (primary N) is 2. The molecule has 106 valence electrons. The first-order valence-corrected chi connectivity index (χ1v) is 6.39. The van der Waals surface area contributed by atoms with Crippen LogP contribution in [0.25, 0.3) is 0 Å². The third-order valence-electron chi connectivity index (χ3n) is 3.29. The molecule has 0 saturated carbocycles. The van der Waals surface area contributed by atoms with E-state index in [0.717, 1.165) is 12.5 Å². The maximum Gasteiger partial charge on any atom is 0.250 e. The number of carbonyl (C=O) groups excluding carboxylic acids is 1. The summed E-state index contributed by atoms with van der Waals surface area (Å²) >= 11 is 0. The van der Waals surface area contributed by atoms with Crippen molar-refractivity contribution < 1.29 is 9.18 Å². The molecule has 0 aliphatic rings. The fraction of sp³-hybridized carbons (Fsp3) is 0.500. The number of hydrogen-bond donors (Lipinski definition) is 2. The predicted octanol–water partition coefficient (Wildman–Crippen LogP) is 1.73. The molecule has 1 rings (SSSR count). The van der Waals surface area contributed by atoms with Gasteiger partial charge in [-0.05, 0) is 30.5 Å². The average molecular weight is 267 g/mol. The van der Waals surface area contributed by atoms with Crippen molar-refractivity contribution in [3.8, 4) is 0 Å². The van der Waals surface area contributed by atoms with Crippen LogP contribution in [0.2, 0.25) is 0 Å². The highest BCUT2D eigenvalue weighted by atomic mass is 19.1. The van der Waals surface area contributed by atoms with Crippen molar-refractivity contribution in [2.75, 3.05) is 18.5 Å². The smallest absolute Gasteiger partial charge is 0.250 e. The lowest BCUT2D eigenvalue weighted by Crippen LogP contribution is -2.32. The van der Waals surface area contributed by atoms with Gasteiger partial charge in [0.1, 0.15) is 5.82 Å². The molecule has 5 heteroatoms. The lowest BCUT2D eigenvalue weighted by atomic mass is 10.0. The Bertz CT molecular complexity index is 448. The van der Waals surface area contributed by atoms with Crippen LogP contribution in [0.3, 0.4) is 0 Å². The molecule has 0 radical (unpaired) electrons. The number of rotatable bonds is 6. The number of primary amides is 1. The van der Waals surface area contributed by atoms with Crippen molar-refractivity contribution in [2.45, 2.75) is 26.3 Å². The molecule has 0 bridgehead atoms. The zero-order chi connectivity index (χ0) is 14.6. The van der Waals surface area contributed by atoms with Gasteiger partial charge in [-0.1, -0.05) is 13.8 Å². The van der Waals surface area contributed by atoms with E-state index in [1.54, 1.807) is 6.07 Å². The summed E-state index contributed by atoms with van der Waals surface area (Å²) in [6.07, 6.45) is 0.795. The molecule has 4 nitrogen and oxygen atoms in total. The Balaban J connectivity index is 2.82. The first-order valence-electron chi connectivity index (χ1n) is 6.39. The minimum Gasteiger partial charge on any atom is -0.374 e. The van der Waals surface area contributed by atoms with Crippen molar-refractivity contribution in [3.05, 3.63) is 29.6 Å². The number of anilines is 1. The molecule has 0 aliphatic carbocycles. The van der Waals surface area contributed by atoms with Crippen molar-refractivity contribution >= 4 is 11.6 Å². The number of benzene rings is 1. The van der Waals surface area contributed by atoms with E-state index < -0.39 is 11.7 Å². The molecule has 0 aliphatic heterocycles. The summed E-state index contributed by atoms with van der Waals surface area (Å²) in [6.45, 7) is 4.82. The Hall–Kier alpha value is -1.62. The fourth-order valence-electron chi connectivity index (χ4n) is 1.83. The van der Waals surface area contributed by atoms with Crippen LogP contribution in [0.1, 0.15) is 30.6 Å². The second kappa shape index (κ2) is 6.52. The van der Waals surface area contributed by atoms with Crippen molar-refractivity contribution in [1.82, 2.24) is 0 Å². The minimum atomic E-state index is -0.630. The number of amides is 1. The van der Waals surface area contributed by atoms with Crippen LogP contribution in [-0.2, 0) is 0 Å². The molecule has 4 N–H and O–H groups in total. The topological polar surface area (TPSA) is 72.3 Å². The summed E-state index contributed by atoms with van der Waals surface area (Å²) in [5.41, 5.74) is 12.1. The summed E-state index contributed by atoms with van der Waals surface area (Å²) in [7, 11) is 1.84. The van der Waals surface area contributed by atoms with Gasteiger partial charge >= 0.3 is 0 Å². The summed E-state index contributed by atoms with van der Waals surface area (Å²) in [5.74, 6) is -0.698. The van der Waals surface area contributed by atoms with E-state index in [0.29, 0.717) is 18.2 Å². The van der Waals surface area contributed by atoms with Crippen LogP contribution in [-0.4, -0.2) is 25.5 Å². The Morgan fingerprint density at radius 1 is 1.42 bits per heavy atom. The number of nitrogens with zero attached hydrogens (tertiary/aromatic N) is 1. The number of halogens is 1. The van der Waals surface area contributed by atoms with E-state index in [9.17, 15) is 9.18 Å². The van der Waals surface area contributed by atoms with E-state index in [-0.39, 0.29) is 11.6 Å². The third-order valence-corrected chi connectivity index (χ3v) is 3.29. The minimum absolute atomic E-state index is 0.0972. The summed E-state index contributed by atoms with van der Waals surface area (Å²) in [5, 5.41) is 0. The molecular weight excluding hydrogens is 245 g/mol. The van der Waals surface area contributed by atoms with E-state index in [2.05, 4.69) is 13.8 Å². The van der Waals surface area contributed by atoms with E-state index >= 15 is 0 Å². The Labute approximate surface area is 113 Å². The van der Waals surface area contributed by atoms with E-state index in [1.165, 1.54) is 6.07 Å². The van der Waals surface area contributed by atoms with Gasteiger partial charge in [0.2, 0.25) is 0 Å². The lowest BCUT2D eigenvalue weighted by molar-refractivity contribution is 0.100. The van der Waals surface area contributed by atoms with Crippen molar-refractivity contribution in [2.24, 2.45) is 17.4 Å². The van der Waals surface area contributed by atoms with Gasteiger partial charge in [0.05, 0.1) is 5.56 Å². The van der Waals surface area contributed by atoms with Crippen LogP contribution < -0.4 is 16.4 Å². The van der Waals surface area contributed by atoms with Crippen molar-refractivity contribution in [1.29, 1.82) is 0 Å². The van der Waals surface area contributed by atoms with E-state index in [4.69, 9.17) is 11.5 Å².